The lowest BCUT2D eigenvalue weighted by atomic mass is 9.89. The fourth-order valence-corrected chi connectivity index (χ4v) is 2.91. The Labute approximate surface area is 124 Å². The highest BCUT2D eigenvalue weighted by Gasteiger charge is 2.20. The standard InChI is InChI=1S/C15H23N3O3/c1-10-8-12(13(16-10)14(19)20)17-15(21)18(2)9-11-6-4-3-5-7-11/h8,11,16H,3-7,9H2,1-2H3,(H,17,21)(H,19,20). The highest BCUT2D eigenvalue weighted by molar-refractivity contribution is 5.99. The minimum atomic E-state index is -1.08. The summed E-state index contributed by atoms with van der Waals surface area (Å²) in [5.74, 6) is -0.519. The normalized spacial score (nSPS) is 15.7. The monoisotopic (exact) mass is 293 g/mol. The molecule has 1 aromatic heterocycles. The Kier molecular flexibility index (Phi) is 4.88. The highest BCUT2D eigenvalue weighted by atomic mass is 16.4. The Morgan fingerprint density at radius 1 is 1.38 bits per heavy atom. The molecule has 0 unspecified atom stereocenters. The number of aryl methyl sites for hydroxylation is 1. The summed E-state index contributed by atoms with van der Waals surface area (Å²) in [6.07, 6.45) is 6.10. The van der Waals surface area contributed by atoms with Gasteiger partial charge in [-0.2, -0.15) is 0 Å². The molecule has 116 valence electrons. The second kappa shape index (κ2) is 6.65. The predicted molar refractivity (Wildman–Crippen MR) is 80.7 cm³/mol. The van der Waals surface area contributed by atoms with Crippen LogP contribution in [0.5, 0.6) is 0 Å². The van der Waals surface area contributed by atoms with Crippen molar-refractivity contribution in [2.75, 3.05) is 18.9 Å². The van der Waals surface area contributed by atoms with E-state index in [9.17, 15) is 9.59 Å². The molecule has 21 heavy (non-hydrogen) atoms. The van der Waals surface area contributed by atoms with Crippen LogP contribution in [0.2, 0.25) is 0 Å². The lowest BCUT2D eigenvalue weighted by Crippen LogP contribution is -2.36. The third-order valence-corrected chi connectivity index (χ3v) is 4.01. The quantitative estimate of drug-likeness (QED) is 0.797. The van der Waals surface area contributed by atoms with E-state index in [-0.39, 0.29) is 11.7 Å². The van der Waals surface area contributed by atoms with Gasteiger partial charge in [0.1, 0.15) is 5.69 Å². The van der Waals surface area contributed by atoms with Gasteiger partial charge in [-0.15, -0.1) is 0 Å². The van der Waals surface area contributed by atoms with Crippen molar-refractivity contribution in [1.29, 1.82) is 0 Å². The van der Waals surface area contributed by atoms with Crippen molar-refractivity contribution in [2.24, 2.45) is 5.92 Å². The molecule has 1 aliphatic carbocycles. The van der Waals surface area contributed by atoms with Gasteiger partial charge in [0.25, 0.3) is 0 Å². The Hall–Kier alpha value is -1.98. The molecule has 2 amide bonds. The van der Waals surface area contributed by atoms with Crippen molar-refractivity contribution in [3.8, 4) is 0 Å². The number of aromatic nitrogens is 1. The van der Waals surface area contributed by atoms with Crippen LogP contribution in [0.15, 0.2) is 6.07 Å². The number of hydrogen-bond donors (Lipinski definition) is 3. The lowest BCUT2D eigenvalue weighted by Gasteiger charge is -2.27. The summed E-state index contributed by atoms with van der Waals surface area (Å²) in [5, 5.41) is 11.8. The molecule has 6 heteroatoms. The van der Waals surface area contributed by atoms with E-state index in [2.05, 4.69) is 10.3 Å². The van der Waals surface area contributed by atoms with E-state index in [1.165, 1.54) is 32.1 Å². The maximum absolute atomic E-state index is 12.2. The molecule has 1 aliphatic rings. The second-order valence-electron chi connectivity index (χ2n) is 5.86. The van der Waals surface area contributed by atoms with Gasteiger partial charge in [-0.25, -0.2) is 9.59 Å². The van der Waals surface area contributed by atoms with Crippen LogP contribution in [0.3, 0.4) is 0 Å². The number of rotatable bonds is 4. The molecule has 3 N–H and O–H groups in total. The minimum absolute atomic E-state index is 0.0203. The molecule has 2 rings (SSSR count). The van der Waals surface area contributed by atoms with E-state index in [1.807, 2.05) is 0 Å². The molecule has 0 saturated heterocycles. The summed E-state index contributed by atoms with van der Waals surface area (Å²) in [6.45, 7) is 2.48. The molecule has 1 fully saturated rings. The zero-order valence-corrected chi connectivity index (χ0v) is 12.6. The maximum atomic E-state index is 12.2. The zero-order valence-electron chi connectivity index (χ0n) is 12.6. The van der Waals surface area contributed by atoms with Gasteiger partial charge in [-0.3, -0.25) is 0 Å². The third-order valence-electron chi connectivity index (χ3n) is 4.01. The van der Waals surface area contributed by atoms with E-state index in [4.69, 9.17) is 5.11 Å². The topological polar surface area (TPSA) is 85.4 Å². The Bertz CT molecular complexity index is 518. The Morgan fingerprint density at radius 2 is 2.05 bits per heavy atom. The summed E-state index contributed by atoms with van der Waals surface area (Å²) < 4.78 is 0. The number of carbonyl (C=O) groups excluding carboxylic acids is 1. The number of urea groups is 1. The van der Waals surface area contributed by atoms with Gasteiger partial charge >= 0.3 is 12.0 Å². The predicted octanol–water partition coefficient (Wildman–Crippen LogP) is 3.07. The molecular weight excluding hydrogens is 270 g/mol. The van der Waals surface area contributed by atoms with Crippen LogP contribution in [0, 0.1) is 12.8 Å². The fourth-order valence-electron chi connectivity index (χ4n) is 2.91. The van der Waals surface area contributed by atoms with Gasteiger partial charge in [0, 0.05) is 19.3 Å². The van der Waals surface area contributed by atoms with Crippen LogP contribution in [0.25, 0.3) is 0 Å². The average molecular weight is 293 g/mol. The molecule has 1 heterocycles. The molecule has 6 nitrogen and oxygen atoms in total. The molecule has 0 aromatic carbocycles. The number of carboxylic acids is 1. The molecule has 1 saturated carbocycles. The third kappa shape index (κ3) is 4.00. The number of H-pyrrole nitrogens is 1. The molecule has 1 aromatic rings. The first-order valence-electron chi connectivity index (χ1n) is 7.42. The van der Waals surface area contributed by atoms with Gasteiger partial charge in [0.15, 0.2) is 0 Å². The highest BCUT2D eigenvalue weighted by Crippen LogP contribution is 2.24. The zero-order chi connectivity index (χ0) is 15.4. The number of carboxylic acid groups (broad SMARTS) is 1. The largest absolute Gasteiger partial charge is 0.477 e. The van der Waals surface area contributed by atoms with E-state index in [1.54, 1.807) is 24.9 Å². The van der Waals surface area contributed by atoms with Crippen LogP contribution in [0.1, 0.15) is 48.3 Å². The molecular formula is C15H23N3O3. The van der Waals surface area contributed by atoms with Gasteiger partial charge in [0.2, 0.25) is 0 Å². The SMILES string of the molecule is Cc1cc(NC(=O)N(C)CC2CCCCC2)c(C(=O)O)[nH]1. The van der Waals surface area contributed by atoms with Crippen LogP contribution in [-0.2, 0) is 0 Å². The first-order chi connectivity index (χ1) is 9.97. The maximum Gasteiger partial charge on any atom is 0.354 e. The summed E-state index contributed by atoms with van der Waals surface area (Å²) >= 11 is 0. The molecule has 0 bridgehead atoms. The van der Waals surface area contributed by atoms with Crippen molar-refractivity contribution >= 4 is 17.7 Å². The summed E-state index contributed by atoms with van der Waals surface area (Å²) in [7, 11) is 1.75. The van der Waals surface area contributed by atoms with E-state index < -0.39 is 5.97 Å². The Morgan fingerprint density at radius 3 is 2.67 bits per heavy atom. The number of nitrogens with zero attached hydrogens (tertiary/aromatic N) is 1. The molecule has 0 atom stereocenters. The molecule has 0 aliphatic heterocycles. The smallest absolute Gasteiger partial charge is 0.354 e. The molecule has 0 radical (unpaired) electrons. The number of anilines is 1. The number of hydrogen-bond acceptors (Lipinski definition) is 2. The summed E-state index contributed by atoms with van der Waals surface area (Å²) in [6, 6.07) is 1.37. The van der Waals surface area contributed by atoms with Gasteiger partial charge < -0.3 is 20.3 Å². The Balaban J connectivity index is 1.95. The van der Waals surface area contributed by atoms with E-state index >= 15 is 0 Å². The first-order valence-corrected chi connectivity index (χ1v) is 7.42. The van der Waals surface area contributed by atoms with Gasteiger partial charge in [-0.05, 0) is 31.7 Å². The van der Waals surface area contributed by atoms with Gasteiger partial charge in [-0.1, -0.05) is 19.3 Å². The van der Waals surface area contributed by atoms with Gasteiger partial charge in [0.05, 0.1) is 5.69 Å². The van der Waals surface area contributed by atoms with Crippen LogP contribution < -0.4 is 5.32 Å². The van der Waals surface area contributed by atoms with E-state index in [0.29, 0.717) is 17.3 Å². The van der Waals surface area contributed by atoms with Crippen molar-refractivity contribution < 1.29 is 14.7 Å². The van der Waals surface area contributed by atoms with Crippen molar-refractivity contribution in [3.05, 3.63) is 17.5 Å². The first kappa shape index (κ1) is 15.4. The number of carbonyl (C=O) groups is 2. The lowest BCUT2D eigenvalue weighted by molar-refractivity contribution is 0.0692. The van der Waals surface area contributed by atoms with Crippen molar-refractivity contribution in [3.63, 3.8) is 0 Å². The van der Waals surface area contributed by atoms with Crippen LogP contribution >= 0.6 is 0 Å². The fraction of sp³-hybridized carbons (Fsp3) is 0.600. The van der Waals surface area contributed by atoms with E-state index in [0.717, 1.165) is 6.54 Å². The number of amides is 2. The average Bonchev–Trinajstić information content (AvgIpc) is 2.81. The second-order valence-corrected chi connectivity index (χ2v) is 5.86. The van der Waals surface area contributed by atoms with Crippen LogP contribution in [0.4, 0.5) is 10.5 Å². The number of aromatic amines is 1. The van der Waals surface area contributed by atoms with Crippen molar-refractivity contribution in [1.82, 2.24) is 9.88 Å². The summed E-state index contributed by atoms with van der Waals surface area (Å²) in [4.78, 5) is 27.7. The number of nitrogens with one attached hydrogen (secondary N) is 2. The number of aromatic carboxylic acids is 1. The summed E-state index contributed by atoms with van der Waals surface area (Å²) in [5.41, 5.74) is 1.05. The molecule has 0 spiro atoms. The minimum Gasteiger partial charge on any atom is -0.477 e. The van der Waals surface area contributed by atoms with Crippen molar-refractivity contribution in [2.45, 2.75) is 39.0 Å². The van der Waals surface area contributed by atoms with Crippen LogP contribution in [-0.4, -0.2) is 40.6 Å².